The number of aromatic amines is 1. The Bertz CT molecular complexity index is 463. The van der Waals surface area contributed by atoms with Gasteiger partial charge in [0.15, 0.2) is 0 Å². The summed E-state index contributed by atoms with van der Waals surface area (Å²) < 4.78 is 5.61. The summed E-state index contributed by atoms with van der Waals surface area (Å²) in [5.74, 6) is 0.927. The lowest BCUT2D eigenvalue weighted by Crippen LogP contribution is -2.16. The van der Waals surface area contributed by atoms with Gasteiger partial charge in [-0.3, -0.25) is 0 Å². The molecule has 0 saturated carbocycles. The van der Waals surface area contributed by atoms with Crippen molar-refractivity contribution >= 4 is 0 Å². The highest BCUT2D eigenvalue weighted by atomic mass is 16.5. The summed E-state index contributed by atoms with van der Waals surface area (Å²) >= 11 is 0. The molecular formula is C15H21N3O. The van der Waals surface area contributed by atoms with E-state index < -0.39 is 0 Å². The molecule has 0 radical (unpaired) electrons. The van der Waals surface area contributed by atoms with Crippen LogP contribution in [0.25, 0.3) is 0 Å². The van der Waals surface area contributed by atoms with Crippen LogP contribution in [-0.2, 0) is 13.0 Å². The summed E-state index contributed by atoms with van der Waals surface area (Å²) in [5, 5.41) is 3.41. The van der Waals surface area contributed by atoms with E-state index in [1.807, 2.05) is 32.2 Å². The third-order valence-corrected chi connectivity index (χ3v) is 2.75. The SMILES string of the molecule is CC(C)Oc1ccc(CNCCc2cnc[nH]2)cc1. The molecule has 2 rings (SSSR count). The van der Waals surface area contributed by atoms with Crippen molar-refractivity contribution in [3.05, 3.63) is 48.0 Å². The Balaban J connectivity index is 1.71. The predicted octanol–water partition coefficient (Wildman–Crippen LogP) is 2.53. The number of rotatable bonds is 7. The minimum absolute atomic E-state index is 0.221. The fraction of sp³-hybridized carbons (Fsp3) is 0.400. The minimum atomic E-state index is 0.221. The Kier molecular flexibility index (Phi) is 4.98. The molecule has 102 valence electrons. The molecule has 4 nitrogen and oxygen atoms in total. The van der Waals surface area contributed by atoms with E-state index in [2.05, 4.69) is 27.4 Å². The van der Waals surface area contributed by atoms with E-state index >= 15 is 0 Å². The topological polar surface area (TPSA) is 49.9 Å². The lowest BCUT2D eigenvalue weighted by atomic mass is 10.2. The standard InChI is InChI=1S/C15H21N3O/c1-12(2)19-15-5-3-13(4-6-15)9-16-8-7-14-10-17-11-18-14/h3-6,10-12,16H,7-9H2,1-2H3,(H,17,18). The first-order valence-corrected chi connectivity index (χ1v) is 6.67. The van der Waals surface area contributed by atoms with Crippen LogP contribution in [-0.4, -0.2) is 22.6 Å². The summed E-state index contributed by atoms with van der Waals surface area (Å²) in [6.45, 7) is 5.87. The Morgan fingerprint density at radius 2 is 2.05 bits per heavy atom. The van der Waals surface area contributed by atoms with E-state index in [0.29, 0.717) is 0 Å². The van der Waals surface area contributed by atoms with Gasteiger partial charge in [-0.1, -0.05) is 12.1 Å². The van der Waals surface area contributed by atoms with Crippen LogP contribution in [0.15, 0.2) is 36.8 Å². The Morgan fingerprint density at radius 1 is 1.26 bits per heavy atom. The lowest BCUT2D eigenvalue weighted by Gasteiger charge is -2.10. The van der Waals surface area contributed by atoms with Gasteiger partial charge in [0.2, 0.25) is 0 Å². The number of nitrogens with zero attached hydrogens (tertiary/aromatic N) is 1. The van der Waals surface area contributed by atoms with Gasteiger partial charge in [-0.2, -0.15) is 0 Å². The van der Waals surface area contributed by atoms with Crippen molar-refractivity contribution < 1.29 is 4.74 Å². The van der Waals surface area contributed by atoms with E-state index in [-0.39, 0.29) is 6.10 Å². The third-order valence-electron chi connectivity index (χ3n) is 2.75. The van der Waals surface area contributed by atoms with Crippen molar-refractivity contribution in [3.63, 3.8) is 0 Å². The number of imidazole rings is 1. The molecule has 0 atom stereocenters. The molecule has 0 aliphatic carbocycles. The van der Waals surface area contributed by atoms with Crippen LogP contribution in [0, 0.1) is 0 Å². The average molecular weight is 259 g/mol. The van der Waals surface area contributed by atoms with Crippen molar-refractivity contribution in [2.45, 2.75) is 32.9 Å². The zero-order valence-electron chi connectivity index (χ0n) is 11.5. The predicted molar refractivity (Wildman–Crippen MR) is 76.2 cm³/mol. The van der Waals surface area contributed by atoms with Crippen molar-refractivity contribution in [3.8, 4) is 5.75 Å². The molecule has 0 unspecified atom stereocenters. The number of hydrogen-bond donors (Lipinski definition) is 2. The summed E-state index contributed by atoms with van der Waals surface area (Å²) in [6.07, 6.45) is 4.76. The van der Waals surface area contributed by atoms with E-state index in [0.717, 1.165) is 31.0 Å². The van der Waals surface area contributed by atoms with Gasteiger partial charge in [-0.05, 0) is 31.5 Å². The normalized spacial score (nSPS) is 10.9. The quantitative estimate of drug-likeness (QED) is 0.751. The molecule has 19 heavy (non-hydrogen) atoms. The van der Waals surface area contributed by atoms with Crippen LogP contribution in [0.3, 0.4) is 0 Å². The second kappa shape index (κ2) is 6.95. The summed E-state index contributed by atoms with van der Waals surface area (Å²) in [5.41, 5.74) is 2.42. The molecule has 2 aromatic rings. The maximum atomic E-state index is 5.61. The highest BCUT2D eigenvalue weighted by molar-refractivity contribution is 5.27. The first-order valence-electron chi connectivity index (χ1n) is 6.67. The van der Waals surface area contributed by atoms with Gasteiger partial charge in [0, 0.05) is 31.4 Å². The number of aromatic nitrogens is 2. The maximum Gasteiger partial charge on any atom is 0.119 e. The van der Waals surface area contributed by atoms with Crippen LogP contribution in [0.2, 0.25) is 0 Å². The first-order chi connectivity index (χ1) is 9.24. The highest BCUT2D eigenvalue weighted by Gasteiger charge is 1.98. The van der Waals surface area contributed by atoms with Crippen LogP contribution in [0.1, 0.15) is 25.1 Å². The Hall–Kier alpha value is -1.81. The van der Waals surface area contributed by atoms with Gasteiger partial charge in [-0.15, -0.1) is 0 Å². The van der Waals surface area contributed by atoms with Crippen LogP contribution < -0.4 is 10.1 Å². The monoisotopic (exact) mass is 259 g/mol. The molecule has 0 bridgehead atoms. The van der Waals surface area contributed by atoms with Gasteiger partial charge in [0.25, 0.3) is 0 Å². The molecule has 1 aromatic carbocycles. The summed E-state index contributed by atoms with van der Waals surface area (Å²) in [7, 11) is 0. The van der Waals surface area contributed by atoms with Crippen molar-refractivity contribution in [1.82, 2.24) is 15.3 Å². The van der Waals surface area contributed by atoms with Crippen LogP contribution >= 0.6 is 0 Å². The van der Waals surface area contributed by atoms with E-state index in [9.17, 15) is 0 Å². The average Bonchev–Trinajstić information content (AvgIpc) is 2.89. The molecule has 2 N–H and O–H groups in total. The van der Waals surface area contributed by atoms with E-state index in [4.69, 9.17) is 4.74 Å². The first kappa shape index (κ1) is 13.6. The Morgan fingerprint density at radius 3 is 2.68 bits per heavy atom. The highest BCUT2D eigenvalue weighted by Crippen LogP contribution is 2.13. The van der Waals surface area contributed by atoms with Gasteiger partial charge in [-0.25, -0.2) is 4.98 Å². The zero-order chi connectivity index (χ0) is 13.5. The van der Waals surface area contributed by atoms with Gasteiger partial charge in [0.1, 0.15) is 5.75 Å². The van der Waals surface area contributed by atoms with Crippen LogP contribution in [0.5, 0.6) is 5.75 Å². The number of hydrogen-bond acceptors (Lipinski definition) is 3. The van der Waals surface area contributed by atoms with Crippen molar-refractivity contribution in [1.29, 1.82) is 0 Å². The molecule has 0 saturated heterocycles. The van der Waals surface area contributed by atoms with Gasteiger partial charge >= 0.3 is 0 Å². The Labute approximate surface area is 114 Å². The molecule has 0 amide bonds. The molecular weight excluding hydrogens is 238 g/mol. The fourth-order valence-electron chi connectivity index (χ4n) is 1.84. The summed E-state index contributed by atoms with van der Waals surface area (Å²) in [6, 6.07) is 8.24. The molecule has 0 spiro atoms. The fourth-order valence-corrected chi connectivity index (χ4v) is 1.84. The molecule has 0 aliphatic heterocycles. The third kappa shape index (κ3) is 4.75. The number of H-pyrrole nitrogens is 1. The molecule has 0 fully saturated rings. The zero-order valence-corrected chi connectivity index (χ0v) is 11.5. The largest absolute Gasteiger partial charge is 0.491 e. The molecule has 1 aromatic heterocycles. The van der Waals surface area contributed by atoms with Crippen molar-refractivity contribution in [2.75, 3.05) is 6.54 Å². The van der Waals surface area contributed by atoms with Crippen molar-refractivity contribution in [2.24, 2.45) is 0 Å². The molecule has 4 heteroatoms. The second-order valence-electron chi connectivity index (χ2n) is 4.81. The number of nitrogens with one attached hydrogen (secondary N) is 2. The van der Waals surface area contributed by atoms with Gasteiger partial charge < -0.3 is 15.0 Å². The molecule has 1 heterocycles. The number of ether oxygens (including phenoxy) is 1. The second-order valence-corrected chi connectivity index (χ2v) is 4.81. The minimum Gasteiger partial charge on any atom is -0.491 e. The lowest BCUT2D eigenvalue weighted by molar-refractivity contribution is 0.242. The van der Waals surface area contributed by atoms with E-state index in [1.165, 1.54) is 5.56 Å². The number of benzene rings is 1. The maximum absolute atomic E-state index is 5.61. The van der Waals surface area contributed by atoms with E-state index in [1.54, 1.807) is 6.33 Å². The smallest absolute Gasteiger partial charge is 0.119 e. The van der Waals surface area contributed by atoms with Crippen LogP contribution in [0.4, 0.5) is 0 Å². The van der Waals surface area contributed by atoms with Gasteiger partial charge in [0.05, 0.1) is 12.4 Å². The summed E-state index contributed by atoms with van der Waals surface area (Å²) in [4.78, 5) is 7.09. The molecule has 0 aliphatic rings.